The number of esters is 1. The van der Waals surface area contributed by atoms with Crippen LogP contribution in [0.4, 0.5) is 5.69 Å². The lowest BCUT2D eigenvalue weighted by atomic mass is 10.1. The molecule has 0 atom stereocenters. The molecule has 2 aromatic carbocycles. The lowest BCUT2D eigenvalue weighted by Crippen LogP contribution is -2.34. The number of amides is 2. The SMILES string of the molecule is CCN(Cc1ccc2c(c1)OCO2)C(=O)COC(=O)c1ccccc1N1CCCC1=O. The van der Waals surface area contributed by atoms with Crippen LogP contribution < -0.4 is 14.4 Å². The van der Waals surface area contributed by atoms with E-state index >= 15 is 0 Å². The fourth-order valence-corrected chi connectivity index (χ4v) is 3.72. The number of rotatable bonds is 7. The van der Waals surface area contributed by atoms with Crippen LogP contribution in [0.2, 0.25) is 0 Å². The maximum atomic E-state index is 12.7. The van der Waals surface area contributed by atoms with Gasteiger partial charge in [-0.3, -0.25) is 9.59 Å². The molecule has 1 fully saturated rings. The Bertz CT molecular complexity index is 1010. The second kappa shape index (κ2) is 9.07. The summed E-state index contributed by atoms with van der Waals surface area (Å²) in [7, 11) is 0. The van der Waals surface area contributed by atoms with Gasteiger partial charge in [0.15, 0.2) is 18.1 Å². The summed E-state index contributed by atoms with van der Waals surface area (Å²) in [5, 5.41) is 0. The van der Waals surface area contributed by atoms with E-state index in [0.29, 0.717) is 43.2 Å². The summed E-state index contributed by atoms with van der Waals surface area (Å²) in [6.07, 6.45) is 1.22. The predicted octanol–water partition coefficient (Wildman–Crippen LogP) is 2.75. The zero-order chi connectivity index (χ0) is 21.8. The lowest BCUT2D eigenvalue weighted by Gasteiger charge is -2.22. The third-order valence-electron chi connectivity index (χ3n) is 5.36. The number of para-hydroxylation sites is 1. The summed E-state index contributed by atoms with van der Waals surface area (Å²) >= 11 is 0. The Morgan fingerprint density at radius 2 is 1.94 bits per heavy atom. The van der Waals surface area contributed by atoms with Crippen molar-refractivity contribution >= 4 is 23.5 Å². The van der Waals surface area contributed by atoms with Crippen LogP contribution in [0.15, 0.2) is 42.5 Å². The van der Waals surface area contributed by atoms with E-state index in [4.69, 9.17) is 14.2 Å². The summed E-state index contributed by atoms with van der Waals surface area (Å²) in [5.74, 6) is 0.394. The third-order valence-corrected chi connectivity index (χ3v) is 5.36. The minimum absolute atomic E-state index is 0.0165. The summed E-state index contributed by atoms with van der Waals surface area (Å²) in [6.45, 7) is 3.07. The summed E-state index contributed by atoms with van der Waals surface area (Å²) < 4.78 is 16.0. The average molecular weight is 424 g/mol. The molecule has 0 bridgehead atoms. The first-order valence-electron chi connectivity index (χ1n) is 10.3. The Balaban J connectivity index is 1.38. The number of anilines is 1. The largest absolute Gasteiger partial charge is 0.454 e. The first-order chi connectivity index (χ1) is 15.1. The smallest absolute Gasteiger partial charge is 0.340 e. The van der Waals surface area contributed by atoms with Gasteiger partial charge >= 0.3 is 5.97 Å². The fourth-order valence-electron chi connectivity index (χ4n) is 3.72. The van der Waals surface area contributed by atoms with Crippen molar-refractivity contribution < 1.29 is 28.6 Å². The van der Waals surface area contributed by atoms with Crippen molar-refractivity contribution in [2.24, 2.45) is 0 Å². The molecule has 2 aromatic rings. The Morgan fingerprint density at radius 1 is 1.13 bits per heavy atom. The Hall–Kier alpha value is -3.55. The van der Waals surface area contributed by atoms with Crippen molar-refractivity contribution in [3.8, 4) is 11.5 Å². The second-order valence-corrected chi connectivity index (χ2v) is 7.34. The van der Waals surface area contributed by atoms with E-state index < -0.39 is 5.97 Å². The lowest BCUT2D eigenvalue weighted by molar-refractivity contribution is -0.135. The normalized spacial score (nSPS) is 14.6. The van der Waals surface area contributed by atoms with Crippen molar-refractivity contribution in [3.05, 3.63) is 53.6 Å². The van der Waals surface area contributed by atoms with Crippen LogP contribution >= 0.6 is 0 Å². The van der Waals surface area contributed by atoms with Gasteiger partial charge in [0, 0.05) is 26.1 Å². The van der Waals surface area contributed by atoms with E-state index in [1.54, 1.807) is 34.1 Å². The van der Waals surface area contributed by atoms with Crippen LogP contribution in [0.5, 0.6) is 11.5 Å². The van der Waals surface area contributed by atoms with Crippen molar-refractivity contribution in [2.75, 3.05) is 31.4 Å². The van der Waals surface area contributed by atoms with Crippen LogP contribution in [0.25, 0.3) is 0 Å². The highest BCUT2D eigenvalue weighted by Gasteiger charge is 2.26. The van der Waals surface area contributed by atoms with Gasteiger partial charge in [0.05, 0.1) is 11.3 Å². The van der Waals surface area contributed by atoms with Gasteiger partial charge in [0.25, 0.3) is 5.91 Å². The molecule has 0 aliphatic carbocycles. The number of likely N-dealkylation sites (N-methyl/N-ethyl adjacent to an activating group) is 1. The standard InChI is InChI=1S/C23H24N2O6/c1-2-24(13-16-9-10-19-20(12-16)31-15-30-19)22(27)14-29-23(28)17-6-3-4-7-18(17)25-11-5-8-21(25)26/h3-4,6-7,9-10,12H,2,5,8,11,13-15H2,1H3. The number of hydrogen-bond donors (Lipinski definition) is 0. The van der Waals surface area contributed by atoms with E-state index in [1.165, 1.54) is 0 Å². The minimum Gasteiger partial charge on any atom is -0.454 e. The number of fused-ring (bicyclic) bond motifs is 1. The first-order valence-corrected chi connectivity index (χ1v) is 10.3. The van der Waals surface area contributed by atoms with E-state index in [9.17, 15) is 14.4 Å². The summed E-state index contributed by atoms with van der Waals surface area (Å²) in [4.78, 5) is 40.6. The molecule has 31 heavy (non-hydrogen) atoms. The molecular formula is C23H24N2O6. The molecule has 0 N–H and O–H groups in total. The minimum atomic E-state index is -0.622. The highest BCUT2D eigenvalue weighted by molar-refractivity contribution is 6.03. The van der Waals surface area contributed by atoms with Crippen molar-refractivity contribution in [1.29, 1.82) is 0 Å². The number of benzene rings is 2. The van der Waals surface area contributed by atoms with E-state index in [2.05, 4.69) is 0 Å². The van der Waals surface area contributed by atoms with Gasteiger partial charge in [-0.2, -0.15) is 0 Å². The highest BCUT2D eigenvalue weighted by atomic mass is 16.7. The zero-order valence-corrected chi connectivity index (χ0v) is 17.3. The van der Waals surface area contributed by atoms with E-state index in [1.807, 2.05) is 25.1 Å². The first kappa shape index (κ1) is 20.7. The molecule has 8 nitrogen and oxygen atoms in total. The van der Waals surface area contributed by atoms with Crippen LogP contribution in [-0.2, 0) is 20.9 Å². The molecule has 4 rings (SSSR count). The predicted molar refractivity (Wildman–Crippen MR) is 112 cm³/mol. The molecule has 2 amide bonds. The Labute approximate surface area is 180 Å². The fraction of sp³-hybridized carbons (Fsp3) is 0.348. The molecule has 1 saturated heterocycles. The van der Waals surface area contributed by atoms with Crippen molar-refractivity contribution in [2.45, 2.75) is 26.3 Å². The molecular weight excluding hydrogens is 400 g/mol. The van der Waals surface area contributed by atoms with Gasteiger partial charge < -0.3 is 24.0 Å². The van der Waals surface area contributed by atoms with Crippen LogP contribution in [0, 0.1) is 0 Å². The van der Waals surface area contributed by atoms with E-state index in [0.717, 1.165) is 12.0 Å². The van der Waals surface area contributed by atoms with Crippen molar-refractivity contribution in [3.63, 3.8) is 0 Å². The monoisotopic (exact) mass is 424 g/mol. The number of carbonyl (C=O) groups excluding carboxylic acids is 3. The van der Waals surface area contributed by atoms with Crippen LogP contribution in [0.3, 0.4) is 0 Å². The number of nitrogens with zero attached hydrogens (tertiary/aromatic N) is 2. The Morgan fingerprint density at radius 3 is 2.71 bits per heavy atom. The molecule has 0 aromatic heterocycles. The molecule has 162 valence electrons. The molecule has 2 heterocycles. The number of carbonyl (C=O) groups is 3. The molecule has 8 heteroatoms. The average Bonchev–Trinajstić information content (AvgIpc) is 3.43. The van der Waals surface area contributed by atoms with Crippen LogP contribution in [-0.4, -0.2) is 49.2 Å². The van der Waals surface area contributed by atoms with Gasteiger partial charge in [-0.1, -0.05) is 18.2 Å². The van der Waals surface area contributed by atoms with Gasteiger partial charge in [0.1, 0.15) is 0 Å². The molecule has 0 spiro atoms. The molecule has 0 saturated carbocycles. The Kier molecular flexibility index (Phi) is 6.06. The van der Waals surface area contributed by atoms with Gasteiger partial charge in [-0.25, -0.2) is 4.79 Å². The molecule has 2 aliphatic rings. The quantitative estimate of drug-likeness (QED) is 0.636. The number of hydrogen-bond acceptors (Lipinski definition) is 6. The van der Waals surface area contributed by atoms with Gasteiger partial charge in [-0.05, 0) is 43.2 Å². The number of ether oxygens (including phenoxy) is 3. The molecule has 2 aliphatic heterocycles. The summed E-state index contributed by atoms with van der Waals surface area (Å²) in [5.41, 5.74) is 1.70. The van der Waals surface area contributed by atoms with E-state index in [-0.39, 0.29) is 30.8 Å². The topological polar surface area (TPSA) is 85.4 Å². The maximum Gasteiger partial charge on any atom is 0.340 e. The second-order valence-electron chi connectivity index (χ2n) is 7.34. The van der Waals surface area contributed by atoms with Gasteiger partial charge in [0.2, 0.25) is 12.7 Å². The van der Waals surface area contributed by atoms with Crippen molar-refractivity contribution in [1.82, 2.24) is 4.90 Å². The summed E-state index contributed by atoms with van der Waals surface area (Å²) in [6, 6.07) is 12.3. The van der Waals surface area contributed by atoms with Gasteiger partial charge in [-0.15, -0.1) is 0 Å². The highest BCUT2D eigenvalue weighted by Crippen LogP contribution is 2.33. The van der Waals surface area contributed by atoms with Crippen LogP contribution in [0.1, 0.15) is 35.7 Å². The molecule has 0 unspecified atom stereocenters. The third kappa shape index (κ3) is 4.47. The molecule has 0 radical (unpaired) electrons. The zero-order valence-electron chi connectivity index (χ0n) is 17.3. The maximum absolute atomic E-state index is 12.7.